The van der Waals surface area contributed by atoms with Gasteiger partial charge in [0.15, 0.2) is 0 Å². The first-order valence-electron chi connectivity index (χ1n) is 8.00. The molecule has 5 nitrogen and oxygen atoms in total. The van der Waals surface area contributed by atoms with Crippen molar-refractivity contribution in [3.63, 3.8) is 0 Å². The Labute approximate surface area is 126 Å². The maximum absolute atomic E-state index is 12.2. The summed E-state index contributed by atoms with van der Waals surface area (Å²) in [5.41, 5.74) is 0. The third-order valence-corrected chi connectivity index (χ3v) is 4.48. The van der Waals surface area contributed by atoms with Crippen molar-refractivity contribution in [3.05, 3.63) is 24.4 Å². The van der Waals surface area contributed by atoms with Gasteiger partial charge in [-0.3, -0.25) is 4.79 Å². The van der Waals surface area contributed by atoms with Crippen molar-refractivity contribution >= 4 is 11.7 Å². The summed E-state index contributed by atoms with van der Waals surface area (Å²) in [6.07, 6.45) is 5.96. The molecule has 2 aliphatic rings. The molecule has 2 N–H and O–H groups in total. The van der Waals surface area contributed by atoms with E-state index >= 15 is 0 Å². The van der Waals surface area contributed by atoms with Gasteiger partial charge in [-0.1, -0.05) is 6.07 Å². The molecular formula is C16H24N4O. The third-order valence-electron chi connectivity index (χ3n) is 4.48. The van der Waals surface area contributed by atoms with E-state index in [4.69, 9.17) is 0 Å². The van der Waals surface area contributed by atoms with Crippen LogP contribution in [0.4, 0.5) is 5.82 Å². The molecule has 5 heteroatoms. The highest BCUT2D eigenvalue weighted by Gasteiger charge is 2.25. The molecule has 3 heterocycles. The fourth-order valence-corrected chi connectivity index (χ4v) is 3.19. The van der Waals surface area contributed by atoms with Crippen LogP contribution < -0.4 is 15.5 Å². The average Bonchev–Trinajstić information content (AvgIpc) is 2.57. The Morgan fingerprint density at radius 3 is 2.81 bits per heavy atom. The van der Waals surface area contributed by atoms with Gasteiger partial charge in [0.05, 0.1) is 5.92 Å². The third kappa shape index (κ3) is 3.73. The van der Waals surface area contributed by atoms with Crippen LogP contribution in [0.25, 0.3) is 0 Å². The molecule has 0 aliphatic carbocycles. The molecule has 3 rings (SSSR count). The van der Waals surface area contributed by atoms with E-state index in [-0.39, 0.29) is 11.8 Å². The number of pyridine rings is 1. The smallest absolute Gasteiger partial charge is 0.224 e. The average molecular weight is 288 g/mol. The lowest BCUT2D eigenvalue weighted by atomic mass is 9.97. The van der Waals surface area contributed by atoms with Crippen molar-refractivity contribution in [1.82, 2.24) is 15.6 Å². The topological polar surface area (TPSA) is 57.3 Å². The van der Waals surface area contributed by atoms with Gasteiger partial charge in [-0.2, -0.15) is 0 Å². The van der Waals surface area contributed by atoms with Crippen LogP contribution in [0.5, 0.6) is 0 Å². The minimum absolute atomic E-state index is 0.160. The molecule has 21 heavy (non-hydrogen) atoms. The van der Waals surface area contributed by atoms with E-state index in [1.54, 1.807) is 0 Å². The highest BCUT2D eigenvalue weighted by atomic mass is 16.2. The predicted octanol–water partition coefficient (Wildman–Crippen LogP) is 1.17. The number of carbonyl (C=O) groups excluding carboxylic acids is 1. The molecule has 114 valence electrons. The number of hydrogen-bond donors (Lipinski definition) is 2. The van der Waals surface area contributed by atoms with E-state index in [9.17, 15) is 4.79 Å². The van der Waals surface area contributed by atoms with E-state index in [0.29, 0.717) is 6.04 Å². The van der Waals surface area contributed by atoms with Crippen molar-refractivity contribution in [2.75, 3.05) is 31.1 Å². The summed E-state index contributed by atoms with van der Waals surface area (Å²) in [4.78, 5) is 18.9. The van der Waals surface area contributed by atoms with Crippen LogP contribution >= 0.6 is 0 Å². The molecule has 1 atom stereocenters. The van der Waals surface area contributed by atoms with Crippen molar-refractivity contribution in [2.45, 2.75) is 31.7 Å². The number of nitrogens with zero attached hydrogens (tertiary/aromatic N) is 2. The normalized spacial score (nSPS) is 23.8. The molecule has 2 saturated heterocycles. The first-order valence-corrected chi connectivity index (χ1v) is 8.00. The molecular weight excluding hydrogens is 264 g/mol. The highest BCUT2D eigenvalue weighted by molar-refractivity contribution is 5.79. The van der Waals surface area contributed by atoms with Crippen LogP contribution in [0, 0.1) is 5.92 Å². The second-order valence-electron chi connectivity index (χ2n) is 6.00. The first kappa shape index (κ1) is 14.3. The van der Waals surface area contributed by atoms with Crippen LogP contribution in [-0.4, -0.2) is 43.1 Å². The molecule has 0 spiro atoms. The second kappa shape index (κ2) is 6.89. The molecule has 1 amide bonds. The zero-order valence-electron chi connectivity index (χ0n) is 12.4. The van der Waals surface area contributed by atoms with Gasteiger partial charge < -0.3 is 15.5 Å². The monoisotopic (exact) mass is 288 g/mol. The number of aromatic nitrogens is 1. The first-order chi connectivity index (χ1) is 10.3. The van der Waals surface area contributed by atoms with E-state index in [1.807, 2.05) is 24.4 Å². The quantitative estimate of drug-likeness (QED) is 0.876. The Morgan fingerprint density at radius 2 is 2.14 bits per heavy atom. The van der Waals surface area contributed by atoms with Crippen molar-refractivity contribution in [1.29, 1.82) is 0 Å². The lowest BCUT2D eigenvalue weighted by Gasteiger charge is -2.34. The van der Waals surface area contributed by atoms with Crippen molar-refractivity contribution in [2.24, 2.45) is 5.92 Å². The SMILES string of the molecule is O=C(NC1CCN(c2ccccn2)CC1)[C@@H]1CCCNC1. The van der Waals surface area contributed by atoms with Crippen LogP contribution in [-0.2, 0) is 4.79 Å². The van der Waals surface area contributed by atoms with E-state index < -0.39 is 0 Å². The second-order valence-corrected chi connectivity index (χ2v) is 6.00. The molecule has 0 saturated carbocycles. The molecule has 2 fully saturated rings. The Morgan fingerprint density at radius 1 is 1.29 bits per heavy atom. The number of piperidine rings is 2. The van der Waals surface area contributed by atoms with E-state index in [1.165, 1.54) is 0 Å². The van der Waals surface area contributed by atoms with Crippen LogP contribution in [0.15, 0.2) is 24.4 Å². The summed E-state index contributed by atoms with van der Waals surface area (Å²) in [5, 5.41) is 6.54. The zero-order chi connectivity index (χ0) is 14.5. The number of hydrogen-bond acceptors (Lipinski definition) is 4. The Bertz CT molecular complexity index is 451. The number of nitrogens with one attached hydrogen (secondary N) is 2. The number of anilines is 1. The van der Waals surface area contributed by atoms with E-state index in [0.717, 1.165) is 57.7 Å². The predicted molar refractivity (Wildman–Crippen MR) is 83.2 cm³/mol. The number of rotatable bonds is 3. The van der Waals surface area contributed by atoms with Gasteiger partial charge in [0.2, 0.25) is 5.91 Å². The molecule has 0 unspecified atom stereocenters. The van der Waals surface area contributed by atoms with Gasteiger partial charge in [0.25, 0.3) is 0 Å². The van der Waals surface area contributed by atoms with Gasteiger partial charge in [0.1, 0.15) is 5.82 Å². The summed E-state index contributed by atoms with van der Waals surface area (Å²) in [7, 11) is 0. The summed E-state index contributed by atoms with van der Waals surface area (Å²) in [6, 6.07) is 6.33. The maximum Gasteiger partial charge on any atom is 0.224 e. The molecule has 2 aliphatic heterocycles. The minimum Gasteiger partial charge on any atom is -0.356 e. The maximum atomic E-state index is 12.2. The largest absolute Gasteiger partial charge is 0.356 e. The van der Waals surface area contributed by atoms with Crippen molar-refractivity contribution in [3.8, 4) is 0 Å². The summed E-state index contributed by atoms with van der Waals surface area (Å²) >= 11 is 0. The highest BCUT2D eigenvalue weighted by Crippen LogP contribution is 2.18. The zero-order valence-corrected chi connectivity index (χ0v) is 12.4. The number of amides is 1. The van der Waals surface area contributed by atoms with Crippen LogP contribution in [0.1, 0.15) is 25.7 Å². The summed E-state index contributed by atoms with van der Waals surface area (Å²) in [5.74, 6) is 1.44. The molecule has 0 aromatic carbocycles. The van der Waals surface area contributed by atoms with Gasteiger partial charge in [-0.15, -0.1) is 0 Å². The van der Waals surface area contributed by atoms with Gasteiger partial charge in [-0.05, 0) is 44.4 Å². The lowest BCUT2D eigenvalue weighted by molar-refractivity contribution is -0.126. The van der Waals surface area contributed by atoms with Crippen LogP contribution in [0.2, 0.25) is 0 Å². The lowest BCUT2D eigenvalue weighted by Crippen LogP contribution is -2.48. The molecule has 1 aromatic rings. The molecule has 1 aromatic heterocycles. The molecule has 0 radical (unpaired) electrons. The van der Waals surface area contributed by atoms with Crippen LogP contribution in [0.3, 0.4) is 0 Å². The fraction of sp³-hybridized carbons (Fsp3) is 0.625. The Hall–Kier alpha value is -1.62. The molecule has 0 bridgehead atoms. The summed E-state index contributed by atoms with van der Waals surface area (Å²) < 4.78 is 0. The Balaban J connectivity index is 1.46. The van der Waals surface area contributed by atoms with Gasteiger partial charge in [-0.25, -0.2) is 4.98 Å². The fourth-order valence-electron chi connectivity index (χ4n) is 3.19. The van der Waals surface area contributed by atoms with E-state index in [2.05, 4.69) is 20.5 Å². The van der Waals surface area contributed by atoms with Crippen molar-refractivity contribution < 1.29 is 4.79 Å². The van der Waals surface area contributed by atoms with Gasteiger partial charge in [0, 0.05) is 31.9 Å². The number of carbonyl (C=O) groups is 1. The Kier molecular flexibility index (Phi) is 4.70. The van der Waals surface area contributed by atoms with Gasteiger partial charge >= 0.3 is 0 Å². The standard InChI is InChI=1S/C16H24N4O/c21-16(13-4-3-8-17-12-13)19-14-6-10-20(11-7-14)15-5-1-2-9-18-15/h1-2,5,9,13-14,17H,3-4,6-8,10-12H2,(H,19,21)/t13-/m1/s1. The minimum atomic E-state index is 0.160. The summed E-state index contributed by atoms with van der Waals surface area (Å²) in [6.45, 7) is 3.81.